The Bertz CT molecular complexity index is 2290. The molecule has 2 N–H and O–H groups in total. The number of Topliss-reactive ketones (excluding diaryl/α,β-unsaturated/α-hetero) is 1. The number of ether oxygens (including phenoxy) is 4. The number of anilines is 1. The van der Waals surface area contributed by atoms with Gasteiger partial charge in [0.2, 0.25) is 12.0 Å². The first-order valence-corrected chi connectivity index (χ1v) is 21.0. The number of carbonyl (C=O) groups excluding carboxylic acids is 5. The summed E-state index contributed by atoms with van der Waals surface area (Å²) in [7, 11) is 5.94. The van der Waals surface area contributed by atoms with Gasteiger partial charge in [0, 0.05) is 97.2 Å². The van der Waals surface area contributed by atoms with Gasteiger partial charge in [0.15, 0.2) is 6.10 Å². The minimum Gasteiger partial charge on any atom is -0.496 e. The summed E-state index contributed by atoms with van der Waals surface area (Å²) in [6.07, 6.45) is 5.41. The fourth-order valence-corrected chi connectivity index (χ4v) is 12.6. The normalized spacial score (nSPS) is 31.8. The van der Waals surface area contributed by atoms with E-state index in [0.29, 0.717) is 68.0 Å². The number of aromatic amines is 1. The fourth-order valence-electron chi connectivity index (χ4n) is 12.6. The molecular formula is C46H56N4O10. The van der Waals surface area contributed by atoms with Crippen molar-refractivity contribution in [2.24, 2.45) is 11.3 Å². The molecule has 1 saturated heterocycles. The molecule has 1 amide bonds. The third-order valence-corrected chi connectivity index (χ3v) is 14.8. The SMILES string of the molecule is CCC(=O)C[C@H]1CN(C=O)CCc2c([nH]c3ccccc23)[C@@](C(=O)OC)(c2cc3c(cc2OC)N(C)[C@H]2[C@@](O)(C(=O)OC)[C@H](OC(C)=O)[C@]4(CC)C=CCN5CC[C@]32[C@@H]54)C1. The van der Waals surface area contributed by atoms with Crippen LogP contribution in [0, 0.1) is 11.3 Å². The minimum atomic E-state index is -2.35. The van der Waals surface area contributed by atoms with Gasteiger partial charge in [0.05, 0.1) is 27.4 Å². The zero-order chi connectivity index (χ0) is 42.9. The monoisotopic (exact) mass is 824 g/mol. The third kappa shape index (κ3) is 5.55. The molecule has 2 aromatic carbocycles. The molecule has 8 atom stereocenters. The van der Waals surface area contributed by atoms with Gasteiger partial charge in [-0.15, -0.1) is 0 Å². The molecule has 3 aromatic rings. The van der Waals surface area contributed by atoms with Crippen LogP contribution in [0.25, 0.3) is 10.9 Å². The number of nitrogens with one attached hydrogen (secondary N) is 1. The van der Waals surface area contributed by atoms with E-state index in [2.05, 4.69) is 9.88 Å². The molecule has 5 aliphatic rings. The number of aromatic nitrogens is 1. The minimum absolute atomic E-state index is 0.00365. The van der Waals surface area contributed by atoms with Crippen LogP contribution in [0.3, 0.4) is 0 Å². The second kappa shape index (κ2) is 15.1. The lowest BCUT2D eigenvalue weighted by Crippen LogP contribution is -2.81. The molecule has 4 aliphatic heterocycles. The Balaban J connectivity index is 1.48. The van der Waals surface area contributed by atoms with Crippen LogP contribution in [0.1, 0.15) is 75.3 Å². The number of para-hydroxylation sites is 1. The molecule has 1 aromatic heterocycles. The second-order valence-electron chi connectivity index (χ2n) is 17.4. The van der Waals surface area contributed by atoms with E-state index < -0.39 is 57.8 Å². The van der Waals surface area contributed by atoms with Crippen molar-refractivity contribution in [2.75, 3.05) is 59.5 Å². The van der Waals surface area contributed by atoms with Crippen molar-refractivity contribution in [2.45, 2.75) is 93.9 Å². The van der Waals surface area contributed by atoms with Gasteiger partial charge < -0.3 is 38.8 Å². The van der Waals surface area contributed by atoms with Crippen molar-refractivity contribution >= 4 is 46.7 Å². The predicted octanol–water partition coefficient (Wildman–Crippen LogP) is 3.97. The van der Waals surface area contributed by atoms with E-state index in [-0.39, 0.29) is 31.2 Å². The maximum absolute atomic E-state index is 15.3. The Morgan fingerprint density at radius 3 is 2.42 bits per heavy atom. The van der Waals surface area contributed by atoms with Crippen molar-refractivity contribution in [3.05, 3.63) is 70.9 Å². The molecule has 0 radical (unpaired) electrons. The van der Waals surface area contributed by atoms with E-state index in [0.717, 1.165) is 28.4 Å². The van der Waals surface area contributed by atoms with E-state index in [1.54, 1.807) is 11.8 Å². The van der Waals surface area contributed by atoms with Crippen molar-refractivity contribution in [1.82, 2.24) is 14.8 Å². The van der Waals surface area contributed by atoms with Crippen LogP contribution in [0.5, 0.6) is 5.75 Å². The van der Waals surface area contributed by atoms with E-state index in [1.165, 1.54) is 28.3 Å². The molecule has 14 nitrogen and oxygen atoms in total. The van der Waals surface area contributed by atoms with E-state index in [1.807, 2.05) is 67.4 Å². The van der Waals surface area contributed by atoms with Crippen LogP contribution in [0.15, 0.2) is 48.6 Å². The lowest BCUT2D eigenvalue weighted by atomic mass is 9.47. The Labute approximate surface area is 350 Å². The number of methoxy groups -OCH3 is 3. The van der Waals surface area contributed by atoms with Gasteiger partial charge in [-0.25, -0.2) is 4.79 Å². The fraction of sp³-hybridized carbons (Fsp3) is 0.543. The number of benzene rings is 2. The summed E-state index contributed by atoms with van der Waals surface area (Å²) in [5.74, 6) is -2.22. The number of aliphatic hydroxyl groups is 1. The summed E-state index contributed by atoms with van der Waals surface area (Å²) in [6, 6.07) is 10.3. The molecule has 1 aliphatic carbocycles. The third-order valence-electron chi connectivity index (χ3n) is 14.8. The lowest BCUT2D eigenvalue weighted by Gasteiger charge is -2.63. The van der Waals surface area contributed by atoms with Crippen LogP contribution < -0.4 is 9.64 Å². The predicted molar refractivity (Wildman–Crippen MR) is 222 cm³/mol. The quantitative estimate of drug-likeness (QED) is 0.131. The zero-order valence-corrected chi connectivity index (χ0v) is 35.5. The molecule has 5 heterocycles. The van der Waals surface area contributed by atoms with Gasteiger partial charge >= 0.3 is 17.9 Å². The average molecular weight is 825 g/mol. The summed E-state index contributed by atoms with van der Waals surface area (Å²) in [5, 5.41) is 14.2. The number of amides is 1. The van der Waals surface area contributed by atoms with Gasteiger partial charge in [-0.1, -0.05) is 44.2 Å². The number of hydrogen-bond donors (Lipinski definition) is 2. The molecule has 0 bridgehead atoms. The molecule has 2 fully saturated rings. The number of rotatable bonds is 10. The van der Waals surface area contributed by atoms with Crippen LogP contribution >= 0.6 is 0 Å². The summed E-state index contributed by atoms with van der Waals surface area (Å²) < 4.78 is 23.7. The van der Waals surface area contributed by atoms with Crippen LogP contribution in [0.4, 0.5) is 5.69 Å². The number of H-pyrrole nitrogens is 1. The second-order valence-corrected chi connectivity index (χ2v) is 17.4. The standard InChI is InChI=1S/C46H56N4O10/c1-8-29(53)21-28-24-45(41(54)58-6,37-31(15-19-49(25-28)26-51)30-13-10-11-14-34(30)47-37)33-22-32-35(23-36(33)57-5)48(4)39-44(32)17-20-50-18-12-16-43(9-2,38(44)50)40(60-27(3)52)46(39,56)42(55)59-7/h10-14,16,22-23,26,28,38-40,47,56H,8-9,15,17-21,24-25H2,1-7H3/t28-,38+,39-,40-,43-,44-,45+,46+/m1/s1. The molecule has 8 rings (SSSR count). The van der Waals surface area contributed by atoms with Crippen molar-refractivity contribution in [1.29, 1.82) is 0 Å². The summed E-state index contributed by atoms with van der Waals surface area (Å²) in [6.45, 7) is 6.90. The number of fused-ring (bicyclic) bond motifs is 4. The molecule has 14 heteroatoms. The molecule has 1 spiro atoms. The summed E-state index contributed by atoms with van der Waals surface area (Å²) in [4.78, 5) is 78.2. The average Bonchev–Trinajstić information content (AvgIpc) is 3.92. The highest BCUT2D eigenvalue weighted by molar-refractivity contribution is 5.95. The first-order valence-electron chi connectivity index (χ1n) is 21.0. The Hall–Kier alpha value is -5.21. The topological polar surface area (TPSA) is 168 Å². The molecular weight excluding hydrogens is 769 g/mol. The van der Waals surface area contributed by atoms with Crippen molar-refractivity contribution in [3.8, 4) is 5.75 Å². The number of esters is 3. The van der Waals surface area contributed by atoms with E-state index >= 15 is 4.79 Å². The smallest absolute Gasteiger partial charge is 0.344 e. The van der Waals surface area contributed by atoms with Crippen LogP contribution in [-0.4, -0.2) is 128 Å². The van der Waals surface area contributed by atoms with E-state index in [4.69, 9.17) is 18.9 Å². The highest BCUT2D eigenvalue weighted by atomic mass is 16.6. The molecule has 0 unspecified atom stereocenters. The number of carbonyl (C=O) groups is 5. The maximum Gasteiger partial charge on any atom is 0.344 e. The van der Waals surface area contributed by atoms with E-state index in [9.17, 15) is 24.3 Å². The first-order chi connectivity index (χ1) is 28.8. The van der Waals surface area contributed by atoms with Gasteiger partial charge in [-0.3, -0.25) is 24.1 Å². The number of nitrogens with zero attached hydrogens (tertiary/aromatic N) is 3. The Morgan fingerprint density at radius 1 is 1.00 bits per heavy atom. The highest BCUT2D eigenvalue weighted by Gasteiger charge is 2.80. The van der Waals surface area contributed by atoms with Gasteiger partial charge in [0.25, 0.3) is 0 Å². The van der Waals surface area contributed by atoms with Crippen molar-refractivity contribution in [3.63, 3.8) is 0 Å². The first kappa shape index (κ1) is 41.5. The van der Waals surface area contributed by atoms with Crippen LogP contribution in [-0.2, 0) is 55.4 Å². The lowest BCUT2D eigenvalue weighted by molar-refractivity contribution is -0.228. The number of likely N-dealkylation sites (N-methyl/N-ethyl adjacent to an activating group) is 1. The Morgan fingerprint density at radius 2 is 1.75 bits per heavy atom. The summed E-state index contributed by atoms with van der Waals surface area (Å²) >= 11 is 0. The molecule has 320 valence electrons. The highest BCUT2D eigenvalue weighted by Crippen LogP contribution is 2.68. The van der Waals surface area contributed by atoms with Crippen molar-refractivity contribution < 1.29 is 48.0 Å². The Kier molecular flexibility index (Phi) is 10.4. The van der Waals surface area contributed by atoms with Gasteiger partial charge in [0.1, 0.15) is 16.9 Å². The maximum atomic E-state index is 15.3. The molecule has 60 heavy (non-hydrogen) atoms. The zero-order valence-electron chi connectivity index (χ0n) is 35.5. The number of hydrogen-bond acceptors (Lipinski definition) is 12. The summed E-state index contributed by atoms with van der Waals surface area (Å²) in [5.41, 5.74) is -1.75. The van der Waals surface area contributed by atoms with Gasteiger partial charge in [-0.2, -0.15) is 0 Å². The van der Waals surface area contributed by atoms with Gasteiger partial charge in [-0.05, 0) is 61.4 Å². The number of ketones is 1. The molecule has 1 saturated carbocycles. The van der Waals surface area contributed by atoms with Crippen LogP contribution in [0.2, 0.25) is 0 Å². The largest absolute Gasteiger partial charge is 0.496 e.